The molecule has 0 saturated carbocycles. The van der Waals surface area contributed by atoms with E-state index in [9.17, 15) is 9.59 Å². The van der Waals surface area contributed by atoms with Gasteiger partial charge in [-0.3, -0.25) is 0 Å². The Morgan fingerprint density at radius 2 is 1.77 bits per heavy atom. The first-order valence-corrected chi connectivity index (χ1v) is 9.53. The maximum Gasteiger partial charge on any atom is 0.355 e. The van der Waals surface area contributed by atoms with Crippen molar-refractivity contribution in [2.75, 3.05) is 19.7 Å². The molecule has 6 heteroatoms. The lowest BCUT2D eigenvalue weighted by Gasteiger charge is -2.19. The summed E-state index contributed by atoms with van der Waals surface area (Å²) in [5.74, 6) is -0.836. The number of esters is 2. The van der Waals surface area contributed by atoms with Gasteiger partial charge in [0.1, 0.15) is 11.3 Å². The minimum absolute atomic E-state index is 0.299. The van der Waals surface area contributed by atoms with Gasteiger partial charge in [-0.2, -0.15) is 0 Å². The van der Waals surface area contributed by atoms with E-state index in [2.05, 4.69) is 17.2 Å². The Kier molecular flexibility index (Phi) is 8.85. The molecule has 1 aromatic heterocycles. The molecule has 2 N–H and O–H groups in total. The maximum absolute atomic E-state index is 12.5. The maximum atomic E-state index is 12.5. The number of rotatable bonds is 10. The summed E-state index contributed by atoms with van der Waals surface area (Å²) in [5.41, 5.74) is 1.57. The zero-order valence-electron chi connectivity index (χ0n) is 17.1. The van der Waals surface area contributed by atoms with E-state index in [0.717, 1.165) is 38.0 Å². The van der Waals surface area contributed by atoms with Crippen molar-refractivity contribution in [3.8, 4) is 0 Å². The first-order chi connectivity index (χ1) is 12.2. The number of nitrogens with one attached hydrogen (secondary N) is 2. The van der Waals surface area contributed by atoms with Crippen molar-refractivity contribution in [1.29, 1.82) is 0 Å². The molecule has 1 heterocycles. The van der Waals surface area contributed by atoms with Crippen LogP contribution in [0.1, 0.15) is 86.0 Å². The van der Waals surface area contributed by atoms with Crippen LogP contribution in [0.3, 0.4) is 0 Å². The van der Waals surface area contributed by atoms with E-state index in [1.54, 1.807) is 13.8 Å². The van der Waals surface area contributed by atoms with Gasteiger partial charge in [0.2, 0.25) is 0 Å². The van der Waals surface area contributed by atoms with Crippen molar-refractivity contribution < 1.29 is 19.1 Å². The standard InChI is InChI=1S/C20H34N2O4/c1-7-21-13-11-9-10-12-15-16(18(23)25-8-2)14(3)17(22-15)19(24)26-20(4,5)6/h21-22H,7-13H2,1-6H3. The summed E-state index contributed by atoms with van der Waals surface area (Å²) in [6.45, 7) is 13.4. The molecule has 1 rings (SSSR count). The Balaban J connectivity index is 2.94. The van der Waals surface area contributed by atoms with E-state index in [-0.39, 0.29) is 0 Å². The predicted octanol–water partition coefficient (Wildman–Crippen LogP) is 3.78. The summed E-state index contributed by atoms with van der Waals surface area (Å²) in [5, 5.41) is 3.30. The molecule has 0 aliphatic rings. The molecular weight excluding hydrogens is 332 g/mol. The topological polar surface area (TPSA) is 80.4 Å². The van der Waals surface area contributed by atoms with E-state index in [0.29, 0.717) is 29.8 Å². The average Bonchev–Trinajstić information content (AvgIpc) is 2.86. The van der Waals surface area contributed by atoms with Gasteiger partial charge >= 0.3 is 11.9 Å². The van der Waals surface area contributed by atoms with Crippen LogP contribution in [0.2, 0.25) is 0 Å². The molecule has 1 aromatic rings. The number of H-pyrrole nitrogens is 1. The van der Waals surface area contributed by atoms with Crippen LogP contribution < -0.4 is 5.32 Å². The smallest absolute Gasteiger partial charge is 0.355 e. The number of aryl methyl sites for hydroxylation is 1. The fourth-order valence-electron chi connectivity index (χ4n) is 2.76. The van der Waals surface area contributed by atoms with Gasteiger partial charge in [-0.1, -0.05) is 13.3 Å². The highest BCUT2D eigenvalue weighted by Gasteiger charge is 2.27. The summed E-state index contributed by atoms with van der Waals surface area (Å²) in [4.78, 5) is 28.0. The van der Waals surface area contributed by atoms with E-state index >= 15 is 0 Å². The highest BCUT2D eigenvalue weighted by molar-refractivity contribution is 5.98. The van der Waals surface area contributed by atoms with Crippen LogP contribution >= 0.6 is 0 Å². The van der Waals surface area contributed by atoms with Gasteiger partial charge in [-0.05, 0) is 72.5 Å². The molecule has 0 radical (unpaired) electrons. The van der Waals surface area contributed by atoms with Crippen molar-refractivity contribution in [3.63, 3.8) is 0 Å². The van der Waals surface area contributed by atoms with Gasteiger partial charge in [0, 0.05) is 5.69 Å². The highest BCUT2D eigenvalue weighted by atomic mass is 16.6. The van der Waals surface area contributed by atoms with Crippen molar-refractivity contribution >= 4 is 11.9 Å². The molecule has 0 atom stereocenters. The molecule has 0 fully saturated rings. The number of ether oxygens (including phenoxy) is 2. The van der Waals surface area contributed by atoms with Crippen LogP contribution in [0, 0.1) is 6.92 Å². The number of hydrogen-bond donors (Lipinski definition) is 2. The quantitative estimate of drug-likeness (QED) is 0.486. The number of aromatic amines is 1. The molecule has 148 valence electrons. The number of aromatic nitrogens is 1. The van der Waals surface area contributed by atoms with E-state index in [1.165, 1.54) is 0 Å². The van der Waals surface area contributed by atoms with E-state index in [4.69, 9.17) is 9.47 Å². The highest BCUT2D eigenvalue weighted by Crippen LogP contribution is 2.24. The summed E-state index contributed by atoms with van der Waals surface area (Å²) in [6, 6.07) is 0. The summed E-state index contributed by atoms with van der Waals surface area (Å²) >= 11 is 0. The van der Waals surface area contributed by atoms with E-state index in [1.807, 2.05) is 20.8 Å². The van der Waals surface area contributed by atoms with Crippen LogP contribution in [0.15, 0.2) is 0 Å². The number of unbranched alkanes of at least 4 members (excludes halogenated alkanes) is 2. The van der Waals surface area contributed by atoms with Gasteiger partial charge in [-0.25, -0.2) is 9.59 Å². The summed E-state index contributed by atoms with van der Waals surface area (Å²) in [7, 11) is 0. The van der Waals surface area contributed by atoms with E-state index < -0.39 is 17.5 Å². The van der Waals surface area contributed by atoms with Crippen LogP contribution in [0.5, 0.6) is 0 Å². The van der Waals surface area contributed by atoms with Crippen molar-refractivity contribution in [2.24, 2.45) is 0 Å². The molecule has 0 aromatic carbocycles. The zero-order chi connectivity index (χ0) is 19.7. The first kappa shape index (κ1) is 22.2. The molecule has 0 saturated heterocycles. The third-order valence-electron chi connectivity index (χ3n) is 3.94. The average molecular weight is 367 g/mol. The van der Waals surface area contributed by atoms with Gasteiger partial charge in [-0.15, -0.1) is 0 Å². The molecule has 0 aliphatic heterocycles. The zero-order valence-corrected chi connectivity index (χ0v) is 17.1. The van der Waals surface area contributed by atoms with Gasteiger partial charge in [0.05, 0.1) is 12.2 Å². The minimum Gasteiger partial charge on any atom is -0.462 e. The number of carbonyl (C=O) groups is 2. The summed E-state index contributed by atoms with van der Waals surface area (Å²) < 4.78 is 10.6. The Morgan fingerprint density at radius 1 is 1.08 bits per heavy atom. The molecule has 6 nitrogen and oxygen atoms in total. The molecule has 0 unspecified atom stereocenters. The number of hydrogen-bond acceptors (Lipinski definition) is 5. The lowest BCUT2D eigenvalue weighted by molar-refractivity contribution is 0.00625. The third kappa shape index (κ3) is 6.83. The van der Waals surface area contributed by atoms with Crippen molar-refractivity contribution in [3.05, 3.63) is 22.5 Å². The van der Waals surface area contributed by atoms with Crippen molar-refractivity contribution in [2.45, 2.75) is 72.8 Å². The largest absolute Gasteiger partial charge is 0.462 e. The fraction of sp³-hybridized carbons (Fsp3) is 0.700. The van der Waals surface area contributed by atoms with Crippen LogP contribution in [0.25, 0.3) is 0 Å². The SMILES string of the molecule is CCNCCCCCc1[nH]c(C(=O)OC(C)(C)C)c(C)c1C(=O)OCC. The summed E-state index contributed by atoms with van der Waals surface area (Å²) in [6.07, 6.45) is 3.77. The lowest BCUT2D eigenvalue weighted by atomic mass is 10.1. The normalized spacial score (nSPS) is 11.5. The van der Waals surface area contributed by atoms with Gasteiger partial charge in [0.25, 0.3) is 0 Å². The second-order valence-corrected chi connectivity index (χ2v) is 7.37. The third-order valence-corrected chi connectivity index (χ3v) is 3.94. The van der Waals surface area contributed by atoms with Gasteiger partial charge in [0.15, 0.2) is 0 Å². The molecule has 0 spiro atoms. The molecule has 0 amide bonds. The minimum atomic E-state index is -0.592. The number of carbonyl (C=O) groups excluding carboxylic acids is 2. The Morgan fingerprint density at radius 3 is 2.35 bits per heavy atom. The molecule has 26 heavy (non-hydrogen) atoms. The molecule has 0 bridgehead atoms. The van der Waals surface area contributed by atoms with Gasteiger partial charge < -0.3 is 19.8 Å². The Hall–Kier alpha value is -1.82. The molecule has 0 aliphatic carbocycles. The van der Waals surface area contributed by atoms with Crippen LogP contribution in [-0.2, 0) is 15.9 Å². The first-order valence-electron chi connectivity index (χ1n) is 9.53. The van der Waals surface area contributed by atoms with Crippen LogP contribution in [0.4, 0.5) is 0 Å². The Labute approximate surface area is 157 Å². The predicted molar refractivity (Wildman–Crippen MR) is 103 cm³/mol. The second-order valence-electron chi connectivity index (χ2n) is 7.37. The molecular formula is C20H34N2O4. The van der Waals surface area contributed by atoms with Crippen molar-refractivity contribution in [1.82, 2.24) is 10.3 Å². The monoisotopic (exact) mass is 366 g/mol. The Bertz CT molecular complexity index is 600. The van der Waals surface area contributed by atoms with Crippen LogP contribution in [-0.4, -0.2) is 42.2 Å². The lowest BCUT2D eigenvalue weighted by Crippen LogP contribution is -2.24. The second kappa shape index (κ2) is 10.4. The fourth-order valence-corrected chi connectivity index (χ4v) is 2.76.